The molecule has 0 atom stereocenters. The lowest BCUT2D eigenvalue weighted by Gasteiger charge is -1.99. The van der Waals surface area contributed by atoms with Crippen molar-refractivity contribution in [1.29, 1.82) is 0 Å². The normalized spacial score (nSPS) is 10.4. The van der Waals surface area contributed by atoms with E-state index in [0.717, 1.165) is 11.3 Å². The van der Waals surface area contributed by atoms with Crippen LogP contribution in [0.3, 0.4) is 0 Å². The van der Waals surface area contributed by atoms with Crippen LogP contribution in [0.1, 0.15) is 20.7 Å². The van der Waals surface area contributed by atoms with Crippen LogP contribution in [-0.4, -0.2) is 27.1 Å². The molecule has 0 aliphatic carbocycles. The molecule has 76 valence electrons. The number of fused-ring (bicyclic) bond motifs is 1. The summed E-state index contributed by atoms with van der Waals surface area (Å²) in [4.78, 5) is 25.5. The third kappa shape index (κ3) is 1.44. The van der Waals surface area contributed by atoms with Crippen LogP contribution in [0.5, 0.6) is 0 Å². The van der Waals surface area contributed by atoms with E-state index in [9.17, 15) is 9.59 Å². The van der Waals surface area contributed by atoms with Gasteiger partial charge in [0.1, 0.15) is 0 Å². The fraction of sp³-hybridized carbons (Fsp3) is 0. The van der Waals surface area contributed by atoms with E-state index < -0.39 is 11.9 Å². The summed E-state index contributed by atoms with van der Waals surface area (Å²) in [7, 11) is 0. The number of carboxylic acids is 2. The van der Waals surface area contributed by atoms with E-state index in [1.54, 1.807) is 0 Å². The van der Waals surface area contributed by atoms with Gasteiger partial charge in [0.15, 0.2) is 0 Å². The van der Waals surface area contributed by atoms with Crippen molar-refractivity contribution in [2.45, 2.75) is 0 Å². The Bertz CT molecular complexity index is 512. The Balaban J connectivity index is 2.82. The van der Waals surface area contributed by atoms with Gasteiger partial charge in [-0.15, -0.1) is 11.3 Å². The molecule has 1 aromatic carbocycles. The van der Waals surface area contributed by atoms with Crippen molar-refractivity contribution in [3.63, 3.8) is 0 Å². The summed E-state index contributed by atoms with van der Waals surface area (Å²) in [6, 6.07) is 2.54. The van der Waals surface area contributed by atoms with E-state index in [1.165, 1.54) is 17.6 Å². The molecule has 0 aliphatic heterocycles. The summed E-state index contributed by atoms with van der Waals surface area (Å²) in [6.07, 6.45) is 0. The Morgan fingerprint density at radius 3 is 2.33 bits per heavy atom. The predicted octanol–water partition coefficient (Wildman–Crippen LogP) is 1.69. The lowest BCUT2D eigenvalue weighted by atomic mass is 10.1. The first-order valence-electron chi connectivity index (χ1n) is 3.94. The maximum atomic E-state index is 10.8. The van der Waals surface area contributed by atoms with E-state index >= 15 is 0 Å². The minimum atomic E-state index is -1.11. The highest BCUT2D eigenvalue weighted by molar-refractivity contribution is 7.17. The molecule has 0 aliphatic rings. The molecule has 1 heterocycles. The van der Waals surface area contributed by atoms with Crippen molar-refractivity contribution in [2.24, 2.45) is 0 Å². The summed E-state index contributed by atoms with van der Waals surface area (Å²) >= 11 is 1.12. The second kappa shape index (κ2) is 3.32. The molecule has 2 rings (SSSR count). The Labute approximate surface area is 87.6 Å². The third-order valence-corrected chi connectivity index (χ3v) is 2.80. The van der Waals surface area contributed by atoms with Crippen molar-refractivity contribution in [1.82, 2.24) is 4.98 Å². The number of hydrogen-bond acceptors (Lipinski definition) is 4. The topological polar surface area (TPSA) is 87.5 Å². The van der Waals surface area contributed by atoms with Gasteiger partial charge < -0.3 is 10.2 Å². The van der Waals surface area contributed by atoms with Crippen LogP contribution < -0.4 is 0 Å². The lowest BCUT2D eigenvalue weighted by molar-refractivity contribution is 0.0684. The number of aromatic nitrogens is 1. The SMILES string of the molecule is O=C(O)c1ccc(C(=O)O)c2scnc12. The molecule has 0 bridgehead atoms. The Morgan fingerprint density at radius 1 is 1.13 bits per heavy atom. The van der Waals surface area contributed by atoms with Gasteiger partial charge in [0.2, 0.25) is 0 Å². The van der Waals surface area contributed by atoms with Crippen LogP contribution >= 0.6 is 11.3 Å². The molecule has 0 saturated heterocycles. The van der Waals surface area contributed by atoms with Crippen LogP contribution in [0.4, 0.5) is 0 Å². The van der Waals surface area contributed by atoms with Gasteiger partial charge in [-0.05, 0) is 12.1 Å². The summed E-state index contributed by atoms with van der Waals surface area (Å²) < 4.78 is 0.391. The smallest absolute Gasteiger partial charge is 0.337 e. The maximum Gasteiger partial charge on any atom is 0.337 e. The fourth-order valence-electron chi connectivity index (χ4n) is 1.29. The molecule has 2 N–H and O–H groups in total. The molecule has 0 saturated carbocycles. The molecule has 6 heteroatoms. The monoisotopic (exact) mass is 223 g/mol. The van der Waals surface area contributed by atoms with Crippen LogP contribution in [0, 0.1) is 0 Å². The molecule has 1 aromatic heterocycles. The van der Waals surface area contributed by atoms with Crippen LogP contribution in [0.2, 0.25) is 0 Å². The Hall–Kier alpha value is -1.95. The molecule has 2 aromatic rings. The Kier molecular flexibility index (Phi) is 2.12. The van der Waals surface area contributed by atoms with E-state index in [1.807, 2.05) is 0 Å². The molecule has 0 spiro atoms. The standard InChI is InChI=1S/C9H5NO4S/c11-8(12)4-1-2-5(9(13)14)7-6(4)10-3-15-7/h1-3H,(H,11,12)(H,13,14). The van der Waals surface area contributed by atoms with Crippen LogP contribution in [0.25, 0.3) is 10.2 Å². The molecule has 15 heavy (non-hydrogen) atoms. The molecule has 0 fully saturated rings. The number of aromatic carboxylic acids is 2. The summed E-state index contributed by atoms with van der Waals surface area (Å²) in [5, 5.41) is 17.7. The number of nitrogens with zero attached hydrogens (tertiary/aromatic N) is 1. The van der Waals surface area contributed by atoms with Gasteiger partial charge in [0, 0.05) is 0 Å². The minimum Gasteiger partial charge on any atom is -0.478 e. The number of carbonyl (C=O) groups is 2. The highest BCUT2D eigenvalue weighted by atomic mass is 32.1. The zero-order chi connectivity index (χ0) is 11.0. The molecule has 5 nitrogen and oxygen atoms in total. The highest BCUT2D eigenvalue weighted by Crippen LogP contribution is 2.25. The fourth-order valence-corrected chi connectivity index (χ4v) is 2.11. The van der Waals surface area contributed by atoms with E-state index in [2.05, 4.69) is 4.98 Å². The minimum absolute atomic E-state index is 0.0243. The Morgan fingerprint density at radius 2 is 1.73 bits per heavy atom. The average Bonchev–Trinajstić information content (AvgIpc) is 2.63. The zero-order valence-corrected chi connectivity index (χ0v) is 8.11. The van der Waals surface area contributed by atoms with Crippen molar-refractivity contribution >= 4 is 33.5 Å². The number of rotatable bonds is 2. The van der Waals surface area contributed by atoms with Gasteiger partial charge in [0.25, 0.3) is 0 Å². The largest absolute Gasteiger partial charge is 0.478 e. The molecular formula is C9H5NO4S. The van der Waals surface area contributed by atoms with Crippen molar-refractivity contribution in [3.05, 3.63) is 28.8 Å². The van der Waals surface area contributed by atoms with Gasteiger partial charge >= 0.3 is 11.9 Å². The lowest BCUT2D eigenvalue weighted by Crippen LogP contribution is -2.01. The highest BCUT2D eigenvalue weighted by Gasteiger charge is 2.16. The first-order chi connectivity index (χ1) is 7.11. The second-order valence-corrected chi connectivity index (χ2v) is 3.66. The zero-order valence-electron chi connectivity index (χ0n) is 7.30. The number of benzene rings is 1. The average molecular weight is 223 g/mol. The number of hydrogen-bond donors (Lipinski definition) is 2. The van der Waals surface area contributed by atoms with Gasteiger partial charge in [-0.25, -0.2) is 14.6 Å². The van der Waals surface area contributed by atoms with Crippen molar-refractivity contribution < 1.29 is 19.8 Å². The van der Waals surface area contributed by atoms with Gasteiger partial charge in [0.05, 0.1) is 26.9 Å². The molecule has 0 unspecified atom stereocenters. The summed E-state index contributed by atoms with van der Waals surface area (Å²) in [6.45, 7) is 0. The van der Waals surface area contributed by atoms with Gasteiger partial charge in [-0.3, -0.25) is 0 Å². The quantitative estimate of drug-likeness (QED) is 0.808. The van der Waals surface area contributed by atoms with Gasteiger partial charge in [-0.2, -0.15) is 0 Å². The molecule has 0 amide bonds. The third-order valence-electron chi connectivity index (χ3n) is 1.94. The number of thiazole rings is 1. The second-order valence-electron chi connectivity index (χ2n) is 2.80. The van der Waals surface area contributed by atoms with Crippen LogP contribution in [-0.2, 0) is 0 Å². The first-order valence-corrected chi connectivity index (χ1v) is 4.82. The van der Waals surface area contributed by atoms with E-state index in [-0.39, 0.29) is 16.6 Å². The maximum absolute atomic E-state index is 10.8. The van der Waals surface area contributed by atoms with Crippen LogP contribution in [0.15, 0.2) is 17.6 Å². The summed E-state index contributed by atoms with van der Waals surface area (Å²) in [5.41, 5.74) is 1.77. The first kappa shape index (κ1) is 9.60. The molecule has 0 radical (unpaired) electrons. The number of carboxylic acid groups (broad SMARTS) is 2. The predicted molar refractivity (Wildman–Crippen MR) is 53.5 cm³/mol. The van der Waals surface area contributed by atoms with Gasteiger partial charge in [-0.1, -0.05) is 0 Å². The molecular weight excluding hydrogens is 218 g/mol. The van der Waals surface area contributed by atoms with E-state index in [0.29, 0.717) is 4.70 Å². The van der Waals surface area contributed by atoms with Crippen molar-refractivity contribution in [3.8, 4) is 0 Å². The van der Waals surface area contributed by atoms with E-state index in [4.69, 9.17) is 10.2 Å². The van der Waals surface area contributed by atoms with Crippen molar-refractivity contribution in [2.75, 3.05) is 0 Å². The summed E-state index contributed by atoms with van der Waals surface area (Å²) in [5.74, 6) is -2.19.